The molecule has 5 nitrogen and oxygen atoms in total. The zero-order valence-corrected chi connectivity index (χ0v) is 16.3. The van der Waals surface area contributed by atoms with Crippen molar-refractivity contribution in [2.45, 2.75) is 25.3 Å². The molecule has 3 fully saturated rings. The van der Waals surface area contributed by atoms with Crippen LogP contribution in [0.25, 0.3) is 0 Å². The summed E-state index contributed by atoms with van der Waals surface area (Å²) in [6, 6.07) is 7.88. The summed E-state index contributed by atoms with van der Waals surface area (Å²) in [6.45, 7) is 2.11. The standard InChI is InChI=1S/C18H22BrN3O2.ClH/c19-12-2-1-3-13(8-12)22-7-6-14(18(22)24)17(23)21-9-11-4-5-16(20)15(11)10-21;/h1-3,8,11,14-16H,4-7,9-10,20H2;1H. The van der Waals surface area contributed by atoms with Gasteiger partial charge in [0, 0.05) is 35.8 Å². The van der Waals surface area contributed by atoms with E-state index in [1.165, 1.54) is 0 Å². The van der Waals surface area contributed by atoms with Gasteiger partial charge in [-0.15, -0.1) is 12.4 Å². The van der Waals surface area contributed by atoms with E-state index in [-0.39, 0.29) is 30.3 Å². The van der Waals surface area contributed by atoms with Crippen molar-refractivity contribution in [3.05, 3.63) is 28.7 Å². The molecule has 1 aromatic carbocycles. The van der Waals surface area contributed by atoms with Gasteiger partial charge in [-0.1, -0.05) is 22.0 Å². The number of nitrogens with zero attached hydrogens (tertiary/aromatic N) is 2. The molecule has 0 aromatic heterocycles. The summed E-state index contributed by atoms with van der Waals surface area (Å²) in [6.07, 6.45) is 2.77. The fourth-order valence-corrected chi connectivity index (χ4v) is 4.90. The summed E-state index contributed by atoms with van der Waals surface area (Å²) in [5, 5.41) is 0. The zero-order valence-electron chi connectivity index (χ0n) is 13.9. The summed E-state index contributed by atoms with van der Waals surface area (Å²) >= 11 is 3.44. The predicted octanol–water partition coefficient (Wildman–Crippen LogP) is 2.42. The molecule has 1 saturated carbocycles. The zero-order chi connectivity index (χ0) is 16.8. The summed E-state index contributed by atoms with van der Waals surface area (Å²) in [5.74, 6) is 0.353. The van der Waals surface area contributed by atoms with Gasteiger partial charge in [-0.05, 0) is 49.3 Å². The molecule has 4 atom stereocenters. The van der Waals surface area contributed by atoms with Crippen LogP contribution in [0.15, 0.2) is 28.7 Å². The van der Waals surface area contributed by atoms with Gasteiger partial charge in [0.25, 0.3) is 0 Å². The predicted molar refractivity (Wildman–Crippen MR) is 103 cm³/mol. The molecule has 2 aliphatic heterocycles. The van der Waals surface area contributed by atoms with Gasteiger partial charge in [0.05, 0.1) is 0 Å². The van der Waals surface area contributed by atoms with Crippen molar-refractivity contribution in [1.82, 2.24) is 4.90 Å². The molecule has 4 unspecified atom stereocenters. The number of anilines is 1. The van der Waals surface area contributed by atoms with E-state index in [9.17, 15) is 9.59 Å². The number of hydrogen-bond donors (Lipinski definition) is 1. The maximum Gasteiger partial charge on any atom is 0.239 e. The van der Waals surface area contributed by atoms with Gasteiger partial charge in [-0.2, -0.15) is 0 Å². The van der Waals surface area contributed by atoms with E-state index in [0.717, 1.165) is 36.1 Å². The van der Waals surface area contributed by atoms with Crippen LogP contribution in [-0.4, -0.2) is 42.4 Å². The molecule has 0 radical (unpaired) electrons. The molecule has 0 spiro atoms. The summed E-state index contributed by atoms with van der Waals surface area (Å²) in [4.78, 5) is 29.3. The number of carbonyl (C=O) groups is 2. The Morgan fingerprint density at radius 3 is 2.72 bits per heavy atom. The smallest absolute Gasteiger partial charge is 0.239 e. The molecule has 2 N–H and O–H groups in total. The highest BCUT2D eigenvalue weighted by Gasteiger charge is 2.46. The number of hydrogen-bond acceptors (Lipinski definition) is 3. The lowest BCUT2D eigenvalue weighted by molar-refractivity contribution is -0.139. The normalized spacial score (nSPS) is 31.2. The molecule has 0 bridgehead atoms. The lowest BCUT2D eigenvalue weighted by atomic mass is 9.98. The van der Waals surface area contributed by atoms with Crippen molar-refractivity contribution in [2.24, 2.45) is 23.5 Å². The van der Waals surface area contributed by atoms with Crippen molar-refractivity contribution in [2.75, 3.05) is 24.5 Å². The lowest BCUT2D eigenvalue weighted by Crippen LogP contribution is -2.40. The van der Waals surface area contributed by atoms with Gasteiger partial charge in [0.2, 0.25) is 11.8 Å². The Morgan fingerprint density at radius 1 is 1.20 bits per heavy atom. The van der Waals surface area contributed by atoms with E-state index in [0.29, 0.717) is 24.8 Å². The van der Waals surface area contributed by atoms with Crippen molar-refractivity contribution in [1.29, 1.82) is 0 Å². The van der Waals surface area contributed by atoms with E-state index in [1.54, 1.807) is 4.90 Å². The van der Waals surface area contributed by atoms with Crippen LogP contribution in [0.4, 0.5) is 5.69 Å². The molecule has 7 heteroatoms. The van der Waals surface area contributed by atoms with Crippen LogP contribution in [0, 0.1) is 17.8 Å². The average molecular weight is 429 g/mol. The van der Waals surface area contributed by atoms with E-state index in [4.69, 9.17) is 5.73 Å². The van der Waals surface area contributed by atoms with Crippen LogP contribution >= 0.6 is 28.3 Å². The molecular weight excluding hydrogens is 406 g/mol. The monoisotopic (exact) mass is 427 g/mol. The topological polar surface area (TPSA) is 66.6 Å². The fourth-order valence-electron chi connectivity index (χ4n) is 4.52. The number of amides is 2. The van der Waals surface area contributed by atoms with Crippen LogP contribution in [0.2, 0.25) is 0 Å². The van der Waals surface area contributed by atoms with Gasteiger partial charge in [0.15, 0.2) is 0 Å². The molecule has 136 valence electrons. The third-order valence-corrected chi connectivity index (χ3v) is 6.34. The average Bonchev–Trinajstić information content (AvgIpc) is 3.23. The van der Waals surface area contributed by atoms with E-state index in [1.807, 2.05) is 29.2 Å². The maximum atomic E-state index is 12.9. The molecule has 1 aliphatic carbocycles. The van der Waals surface area contributed by atoms with Crippen LogP contribution in [0.3, 0.4) is 0 Å². The first kappa shape index (κ1) is 18.7. The number of fused-ring (bicyclic) bond motifs is 1. The minimum absolute atomic E-state index is 0. The Morgan fingerprint density at radius 2 is 2.00 bits per heavy atom. The highest BCUT2D eigenvalue weighted by molar-refractivity contribution is 9.10. The number of rotatable bonds is 2. The number of likely N-dealkylation sites (tertiary alicyclic amines) is 1. The molecule has 1 aromatic rings. The molecule has 25 heavy (non-hydrogen) atoms. The highest BCUT2D eigenvalue weighted by Crippen LogP contribution is 2.38. The Labute approximate surface area is 162 Å². The number of carbonyl (C=O) groups excluding carboxylic acids is 2. The van der Waals surface area contributed by atoms with Gasteiger partial charge >= 0.3 is 0 Å². The van der Waals surface area contributed by atoms with Crippen molar-refractivity contribution in [3.8, 4) is 0 Å². The van der Waals surface area contributed by atoms with E-state index >= 15 is 0 Å². The van der Waals surface area contributed by atoms with Crippen molar-refractivity contribution < 1.29 is 9.59 Å². The third-order valence-electron chi connectivity index (χ3n) is 5.85. The van der Waals surface area contributed by atoms with Crippen molar-refractivity contribution >= 4 is 45.8 Å². The number of nitrogens with two attached hydrogens (primary N) is 1. The Bertz CT molecular complexity index is 686. The van der Waals surface area contributed by atoms with Gasteiger partial charge in [-0.3, -0.25) is 9.59 Å². The van der Waals surface area contributed by atoms with Crippen LogP contribution < -0.4 is 10.6 Å². The fraction of sp³-hybridized carbons (Fsp3) is 0.556. The first-order valence-corrected chi connectivity index (χ1v) is 9.45. The highest BCUT2D eigenvalue weighted by atomic mass is 79.9. The van der Waals surface area contributed by atoms with Crippen LogP contribution in [-0.2, 0) is 9.59 Å². The molecule has 4 rings (SSSR count). The van der Waals surface area contributed by atoms with E-state index in [2.05, 4.69) is 15.9 Å². The summed E-state index contributed by atoms with van der Waals surface area (Å²) in [5.41, 5.74) is 7.01. The molecule has 2 saturated heterocycles. The molecule has 2 heterocycles. The Hall–Kier alpha value is -1.11. The second-order valence-corrected chi connectivity index (χ2v) is 8.14. The first-order valence-electron chi connectivity index (χ1n) is 8.66. The van der Waals surface area contributed by atoms with Gasteiger partial charge < -0.3 is 15.5 Å². The SMILES string of the molecule is Cl.NC1CCC2CN(C(=O)C3CCN(c4cccc(Br)c4)C3=O)CC12. The van der Waals surface area contributed by atoms with Crippen LogP contribution in [0.5, 0.6) is 0 Å². The quantitative estimate of drug-likeness (QED) is 0.736. The Kier molecular flexibility index (Phi) is 5.42. The number of halogens is 2. The third kappa shape index (κ3) is 3.32. The molecule has 3 aliphatic rings. The summed E-state index contributed by atoms with van der Waals surface area (Å²) < 4.78 is 0.934. The minimum atomic E-state index is -0.529. The van der Waals surface area contributed by atoms with Gasteiger partial charge in [-0.25, -0.2) is 0 Å². The Balaban J connectivity index is 0.00000182. The largest absolute Gasteiger partial charge is 0.341 e. The lowest BCUT2D eigenvalue weighted by Gasteiger charge is -2.22. The van der Waals surface area contributed by atoms with E-state index < -0.39 is 5.92 Å². The molecule has 2 amide bonds. The van der Waals surface area contributed by atoms with Crippen molar-refractivity contribution in [3.63, 3.8) is 0 Å². The summed E-state index contributed by atoms with van der Waals surface area (Å²) in [7, 11) is 0. The molecular formula is C18H23BrClN3O2. The second-order valence-electron chi connectivity index (χ2n) is 7.22. The number of benzene rings is 1. The first-order chi connectivity index (χ1) is 11.5. The second kappa shape index (κ2) is 7.25. The minimum Gasteiger partial charge on any atom is -0.341 e. The van der Waals surface area contributed by atoms with Gasteiger partial charge in [0.1, 0.15) is 5.92 Å². The maximum absolute atomic E-state index is 12.9. The van der Waals surface area contributed by atoms with Crippen LogP contribution in [0.1, 0.15) is 19.3 Å².